The average molecular weight is 382 g/mol. The van der Waals surface area contributed by atoms with Crippen LogP contribution in [0.3, 0.4) is 0 Å². The summed E-state index contributed by atoms with van der Waals surface area (Å²) < 4.78 is 0. The molecule has 124 valence electrons. The Morgan fingerprint density at radius 2 is 1.38 bits per heavy atom. The molecule has 1 aliphatic rings. The van der Waals surface area contributed by atoms with Crippen LogP contribution < -0.4 is 0 Å². The van der Waals surface area contributed by atoms with Gasteiger partial charge < -0.3 is 0 Å². The molecule has 3 nitrogen and oxygen atoms in total. The zero-order valence-corrected chi connectivity index (χ0v) is 15.4. The number of amides is 1. The standard InChI is InChI=1S/C18H15Cl3N2O/c1-17(12-3-7-14(19)8-4-12)18(2,23(11-22-17)16(21)24)13-5-9-15(20)10-6-13/h3-11H,1-2H3. The van der Waals surface area contributed by atoms with Crippen LogP contribution in [0.15, 0.2) is 53.5 Å². The second-order valence-corrected chi connectivity index (χ2v) is 7.22. The fourth-order valence-electron chi connectivity index (χ4n) is 3.19. The fraction of sp³-hybridized carbons (Fsp3) is 0.222. The minimum absolute atomic E-state index is 0.589. The number of halogens is 3. The number of nitrogens with zero attached hydrogens (tertiary/aromatic N) is 2. The van der Waals surface area contributed by atoms with Gasteiger partial charge in [0, 0.05) is 10.0 Å². The first-order chi connectivity index (χ1) is 11.3. The highest BCUT2D eigenvalue weighted by Gasteiger charge is 2.55. The molecular formula is C18H15Cl3N2O. The number of hydrogen-bond acceptors (Lipinski definition) is 2. The summed E-state index contributed by atoms with van der Waals surface area (Å²) in [7, 11) is 0. The summed E-state index contributed by atoms with van der Waals surface area (Å²) in [6.07, 6.45) is 1.50. The number of hydrogen-bond donors (Lipinski definition) is 0. The van der Waals surface area contributed by atoms with Crippen LogP contribution in [-0.4, -0.2) is 16.6 Å². The average Bonchev–Trinajstić information content (AvgIpc) is 2.82. The second kappa shape index (κ2) is 6.07. The molecule has 0 spiro atoms. The molecule has 0 radical (unpaired) electrons. The molecule has 0 aromatic heterocycles. The maximum Gasteiger partial charge on any atom is 0.322 e. The third kappa shape index (κ3) is 2.52. The minimum atomic E-state index is -0.801. The van der Waals surface area contributed by atoms with Gasteiger partial charge in [-0.05, 0) is 60.8 Å². The van der Waals surface area contributed by atoms with Crippen molar-refractivity contribution < 1.29 is 4.79 Å². The Hall–Kier alpha value is -1.55. The molecule has 2 aromatic rings. The molecule has 3 rings (SSSR count). The van der Waals surface area contributed by atoms with Crippen LogP contribution in [0.25, 0.3) is 0 Å². The summed E-state index contributed by atoms with van der Waals surface area (Å²) in [4.78, 5) is 18.1. The molecule has 1 aliphatic heterocycles. The van der Waals surface area contributed by atoms with E-state index in [2.05, 4.69) is 4.99 Å². The molecule has 0 saturated heterocycles. The van der Waals surface area contributed by atoms with Gasteiger partial charge >= 0.3 is 5.37 Å². The Bertz CT molecular complexity index is 804. The van der Waals surface area contributed by atoms with Gasteiger partial charge in [-0.15, -0.1) is 0 Å². The predicted octanol–water partition coefficient (Wildman–Crippen LogP) is 5.83. The molecule has 0 N–H and O–H groups in total. The third-order valence-corrected chi connectivity index (χ3v) is 5.55. The molecule has 0 aliphatic carbocycles. The van der Waals surface area contributed by atoms with Gasteiger partial charge in [0.2, 0.25) is 0 Å². The summed E-state index contributed by atoms with van der Waals surface area (Å²) in [6.45, 7) is 3.92. The summed E-state index contributed by atoms with van der Waals surface area (Å²) in [5, 5.41) is 0.676. The topological polar surface area (TPSA) is 32.7 Å². The lowest BCUT2D eigenvalue weighted by Crippen LogP contribution is -2.51. The molecule has 0 saturated carbocycles. The molecule has 0 fully saturated rings. The van der Waals surface area contributed by atoms with Crippen LogP contribution in [0.1, 0.15) is 25.0 Å². The highest BCUT2D eigenvalue weighted by Crippen LogP contribution is 2.51. The normalized spacial score (nSPS) is 26.0. The maximum absolute atomic E-state index is 12.0. The number of carbonyl (C=O) groups excluding carboxylic acids is 1. The quantitative estimate of drug-likeness (QED) is 0.476. The van der Waals surface area contributed by atoms with E-state index < -0.39 is 16.4 Å². The van der Waals surface area contributed by atoms with Gasteiger partial charge in [-0.2, -0.15) is 0 Å². The van der Waals surface area contributed by atoms with Gasteiger partial charge in [0.1, 0.15) is 11.1 Å². The lowest BCUT2D eigenvalue weighted by molar-refractivity contribution is 0.151. The highest BCUT2D eigenvalue weighted by atomic mass is 35.5. The summed E-state index contributed by atoms with van der Waals surface area (Å²) in [5.41, 5.74) is 0.289. The van der Waals surface area contributed by atoms with Crippen molar-refractivity contribution in [3.8, 4) is 0 Å². The Morgan fingerprint density at radius 1 is 0.917 bits per heavy atom. The Morgan fingerprint density at radius 3 is 1.83 bits per heavy atom. The van der Waals surface area contributed by atoms with Gasteiger partial charge in [-0.3, -0.25) is 14.7 Å². The van der Waals surface area contributed by atoms with E-state index in [4.69, 9.17) is 34.8 Å². The van der Waals surface area contributed by atoms with Crippen LogP contribution in [0.4, 0.5) is 4.79 Å². The number of benzene rings is 2. The van der Waals surface area contributed by atoms with Crippen LogP contribution in [-0.2, 0) is 11.1 Å². The monoisotopic (exact) mass is 380 g/mol. The van der Waals surface area contributed by atoms with E-state index in [0.717, 1.165) is 11.1 Å². The van der Waals surface area contributed by atoms with Gasteiger partial charge in [-0.1, -0.05) is 47.5 Å². The molecule has 1 amide bonds. The van der Waals surface area contributed by atoms with E-state index >= 15 is 0 Å². The van der Waals surface area contributed by atoms with Crippen LogP contribution in [0.2, 0.25) is 10.0 Å². The lowest BCUT2D eigenvalue weighted by atomic mass is 9.71. The van der Waals surface area contributed by atoms with Gasteiger partial charge in [0.15, 0.2) is 0 Å². The smallest absolute Gasteiger partial charge is 0.277 e. The van der Waals surface area contributed by atoms with Crippen LogP contribution >= 0.6 is 34.8 Å². The fourth-order valence-corrected chi connectivity index (χ4v) is 3.66. The van der Waals surface area contributed by atoms with Crippen molar-refractivity contribution in [1.82, 2.24) is 4.90 Å². The van der Waals surface area contributed by atoms with Gasteiger partial charge in [0.25, 0.3) is 0 Å². The van der Waals surface area contributed by atoms with Crippen molar-refractivity contribution in [1.29, 1.82) is 0 Å². The van der Waals surface area contributed by atoms with E-state index in [0.29, 0.717) is 10.0 Å². The zero-order valence-electron chi connectivity index (χ0n) is 13.1. The van der Waals surface area contributed by atoms with Crippen molar-refractivity contribution in [2.75, 3.05) is 0 Å². The first-order valence-electron chi connectivity index (χ1n) is 7.35. The molecule has 2 unspecified atom stereocenters. The first kappa shape index (κ1) is 17.3. The minimum Gasteiger partial charge on any atom is -0.277 e. The van der Waals surface area contributed by atoms with Gasteiger partial charge in [-0.25, -0.2) is 0 Å². The van der Waals surface area contributed by atoms with Crippen molar-refractivity contribution in [2.45, 2.75) is 24.9 Å². The van der Waals surface area contributed by atoms with Crippen molar-refractivity contribution in [2.24, 2.45) is 4.99 Å². The van der Waals surface area contributed by atoms with E-state index in [1.54, 1.807) is 12.1 Å². The summed E-state index contributed by atoms with van der Waals surface area (Å²) >= 11 is 17.9. The molecular weight excluding hydrogens is 367 g/mol. The largest absolute Gasteiger partial charge is 0.322 e. The zero-order chi connectivity index (χ0) is 17.5. The molecule has 24 heavy (non-hydrogen) atoms. The van der Waals surface area contributed by atoms with E-state index in [1.165, 1.54) is 11.2 Å². The van der Waals surface area contributed by atoms with Crippen LogP contribution in [0, 0.1) is 0 Å². The molecule has 6 heteroatoms. The summed E-state index contributed by atoms with van der Waals surface area (Å²) in [6, 6.07) is 14.8. The third-order valence-electron chi connectivity index (χ3n) is 4.86. The number of carbonyl (C=O) groups is 1. The van der Waals surface area contributed by atoms with Crippen molar-refractivity contribution >= 4 is 46.5 Å². The molecule has 1 heterocycles. The van der Waals surface area contributed by atoms with Crippen molar-refractivity contribution in [3.05, 3.63) is 69.7 Å². The van der Waals surface area contributed by atoms with Crippen molar-refractivity contribution in [3.63, 3.8) is 0 Å². The lowest BCUT2D eigenvalue weighted by Gasteiger charge is -2.44. The SMILES string of the molecule is CC1(c2ccc(Cl)cc2)N=CN(C(=O)Cl)C1(C)c1ccc(Cl)cc1. The van der Waals surface area contributed by atoms with Gasteiger partial charge in [0.05, 0.1) is 6.34 Å². The van der Waals surface area contributed by atoms with Crippen LogP contribution in [0.5, 0.6) is 0 Å². The molecule has 2 atom stereocenters. The number of aliphatic imine (C=N–C) groups is 1. The molecule has 0 bridgehead atoms. The van der Waals surface area contributed by atoms with E-state index in [-0.39, 0.29) is 0 Å². The maximum atomic E-state index is 12.0. The predicted molar refractivity (Wildman–Crippen MR) is 99.2 cm³/mol. The molecule has 2 aromatic carbocycles. The Balaban J connectivity index is 2.21. The number of rotatable bonds is 2. The second-order valence-electron chi connectivity index (χ2n) is 6.03. The van der Waals surface area contributed by atoms with E-state index in [1.807, 2.05) is 50.2 Å². The Kier molecular flexibility index (Phi) is 4.37. The first-order valence-corrected chi connectivity index (χ1v) is 8.48. The highest BCUT2D eigenvalue weighted by molar-refractivity contribution is 6.63. The van der Waals surface area contributed by atoms with E-state index in [9.17, 15) is 4.79 Å². The summed E-state index contributed by atoms with van der Waals surface area (Å²) in [5.74, 6) is 0. The Labute approximate surface area is 155 Å².